The Bertz CT molecular complexity index is 624. The zero-order valence-corrected chi connectivity index (χ0v) is 12.9. The van der Waals surface area contributed by atoms with E-state index in [0.717, 1.165) is 25.9 Å². The van der Waals surface area contributed by atoms with Gasteiger partial charge in [-0.25, -0.2) is 4.98 Å². The van der Waals surface area contributed by atoms with E-state index in [1.165, 1.54) is 0 Å². The summed E-state index contributed by atoms with van der Waals surface area (Å²) in [4.78, 5) is 5.34. The highest BCUT2D eigenvalue weighted by atomic mass is 79.9. The van der Waals surface area contributed by atoms with Gasteiger partial charge in [-0.05, 0) is 40.2 Å². The summed E-state index contributed by atoms with van der Waals surface area (Å²) < 4.78 is 11.9. The second-order valence-corrected chi connectivity index (χ2v) is 6.20. The Balaban J connectivity index is 1.87. The molecule has 3 nitrogen and oxygen atoms in total. The summed E-state index contributed by atoms with van der Waals surface area (Å²) in [5, 5.41) is 1.47. The van der Waals surface area contributed by atoms with Gasteiger partial charge in [0.05, 0.1) is 9.50 Å². The lowest BCUT2D eigenvalue weighted by molar-refractivity contribution is 0.171. The molecule has 0 bridgehead atoms. The van der Waals surface area contributed by atoms with Crippen molar-refractivity contribution in [1.82, 2.24) is 4.98 Å². The van der Waals surface area contributed by atoms with Crippen LogP contribution < -0.4 is 9.47 Å². The minimum absolute atomic E-state index is 0.587. The number of benzene rings is 1. The minimum atomic E-state index is 0.587. The van der Waals surface area contributed by atoms with Crippen molar-refractivity contribution in [1.29, 1.82) is 0 Å². The number of halogens is 2. The van der Waals surface area contributed by atoms with Gasteiger partial charge in [0, 0.05) is 11.1 Å². The van der Waals surface area contributed by atoms with E-state index < -0.39 is 0 Å². The zero-order chi connectivity index (χ0) is 13.2. The van der Waals surface area contributed by atoms with Gasteiger partial charge in [0.25, 0.3) is 0 Å². The van der Waals surface area contributed by atoms with E-state index in [2.05, 4.69) is 20.9 Å². The lowest BCUT2D eigenvalue weighted by Crippen LogP contribution is -2.15. The van der Waals surface area contributed by atoms with Crippen LogP contribution in [0, 0.1) is 0 Å². The monoisotopic (exact) mass is 357 g/mol. The van der Waals surface area contributed by atoms with Gasteiger partial charge in [-0.2, -0.15) is 0 Å². The number of rotatable bonds is 2. The highest BCUT2D eigenvalue weighted by Gasteiger charge is 2.13. The van der Waals surface area contributed by atoms with Crippen LogP contribution in [0.3, 0.4) is 0 Å². The van der Waals surface area contributed by atoms with E-state index in [1.54, 1.807) is 18.0 Å². The Hall–Kier alpha value is -0.910. The lowest BCUT2D eigenvalue weighted by atomic mass is 10.3. The molecule has 0 unspecified atom stereocenters. The number of aromatic nitrogens is 1. The molecule has 0 atom stereocenters. The van der Waals surface area contributed by atoms with Crippen LogP contribution in [0.2, 0.25) is 5.02 Å². The van der Waals surface area contributed by atoms with E-state index in [0.29, 0.717) is 18.2 Å². The molecule has 0 spiro atoms. The van der Waals surface area contributed by atoms with Crippen LogP contribution in [0.25, 0.3) is 0 Å². The van der Waals surface area contributed by atoms with E-state index in [-0.39, 0.29) is 0 Å². The molecule has 1 aliphatic rings. The number of hydrogen-bond donors (Lipinski definition) is 0. The number of nitrogens with zero attached hydrogens (tertiary/aromatic N) is 1. The maximum Gasteiger partial charge on any atom is 0.162 e. The Morgan fingerprint density at radius 1 is 1.16 bits per heavy atom. The van der Waals surface area contributed by atoms with Gasteiger partial charge in [0.15, 0.2) is 11.5 Å². The average molecular weight is 359 g/mol. The quantitative estimate of drug-likeness (QED) is 0.795. The third kappa shape index (κ3) is 2.99. The molecule has 0 N–H and O–H groups in total. The number of pyridine rings is 1. The predicted molar refractivity (Wildman–Crippen MR) is 78.5 cm³/mol. The molecule has 0 aliphatic carbocycles. The third-order valence-corrected chi connectivity index (χ3v) is 4.58. The van der Waals surface area contributed by atoms with Crippen molar-refractivity contribution in [3.05, 3.63) is 40.0 Å². The summed E-state index contributed by atoms with van der Waals surface area (Å²) in [5.41, 5.74) is 0. The molecule has 2 aromatic rings. The first-order valence-electron chi connectivity index (χ1n) is 5.61. The van der Waals surface area contributed by atoms with Gasteiger partial charge in [0.1, 0.15) is 18.2 Å². The van der Waals surface area contributed by atoms with Crippen molar-refractivity contribution < 1.29 is 9.47 Å². The van der Waals surface area contributed by atoms with Crippen molar-refractivity contribution in [2.45, 2.75) is 9.92 Å². The average Bonchev–Trinajstić information content (AvgIpc) is 2.42. The first-order chi connectivity index (χ1) is 9.22. The van der Waals surface area contributed by atoms with Crippen molar-refractivity contribution in [2.75, 3.05) is 13.2 Å². The second kappa shape index (κ2) is 5.61. The largest absolute Gasteiger partial charge is 0.486 e. The van der Waals surface area contributed by atoms with Crippen molar-refractivity contribution in [3.63, 3.8) is 0 Å². The van der Waals surface area contributed by atoms with Crippen LogP contribution in [-0.2, 0) is 0 Å². The van der Waals surface area contributed by atoms with E-state index in [9.17, 15) is 0 Å². The molecule has 0 saturated carbocycles. The molecule has 1 aromatic carbocycles. The molecule has 3 rings (SSSR count). The SMILES string of the molecule is Clc1cnc(Sc2ccc3c(c2)OCCO3)c(Br)c1. The molecule has 0 fully saturated rings. The molecular weight excluding hydrogens is 350 g/mol. The van der Waals surface area contributed by atoms with Crippen LogP contribution in [0.1, 0.15) is 0 Å². The van der Waals surface area contributed by atoms with Crippen LogP contribution in [-0.4, -0.2) is 18.2 Å². The van der Waals surface area contributed by atoms with Crippen LogP contribution in [0.5, 0.6) is 11.5 Å². The van der Waals surface area contributed by atoms with Crippen molar-refractivity contribution in [2.24, 2.45) is 0 Å². The Labute approximate surface area is 128 Å². The van der Waals surface area contributed by atoms with E-state index in [1.807, 2.05) is 24.3 Å². The maximum atomic E-state index is 5.88. The molecule has 1 aromatic heterocycles. The third-order valence-electron chi connectivity index (χ3n) is 2.50. The number of fused-ring (bicyclic) bond motifs is 1. The van der Waals surface area contributed by atoms with Gasteiger partial charge in [-0.15, -0.1) is 0 Å². The molecule has 0 saturated heterocycles. The highest BCUT2D eigenvalue weighted by Crippen LogP contribution is 2.38. The maximum absolute atomic E-state index is 5.88. The number of hydrogen-bond acceptors (Lipinski definition) is 4. The van der Waals surface area contributed by atoms with E-state index in [4.69, 9.17) is 21.1 Å². The van der Waals surface area contributed by atoms with Gasteiger partial charge in [-0.1, -0.05) is 23.4 Å². The minimum Gasteiger partial charge on any atom is -0.486 e. The summed E-state index contributed by atoms with van der Waals surface area (Å²) in [5.74, 6) is 1.57. The summed E-state index contributed by atoms with van der Waals surface area (Å²) in [6, 6.07) is 7.69. The fourth-order valence-electron chi connectivity index (χ4n) is 1.68. The molecule has 98 valence electrons. The fraction of sp³-hybridized carbons (Fsp3) is 0.154. The summed E-state index contributed by atoms with van der Waals surface area (Å²) in [6.45, 7) is 1.19. The van der Waals surface area contributed by atoms with Gasteiger partial charge >= 0.3 is 0 Å². The Morgan fingerprint density at radius 3 is 2.74 bits per heavy atom. The van der Waals surface area contributed by atoms with E-state index >= 15 is 0 Å². The van der Waals surface area contributed by atoms with Crippen LogP contribution in [0.15, 0.2) is 44.9 Å². The second-order valence-electron chi connectivity index (χ2n) is 3.85. The van der Waals surface area contributed by atoms with Gasteiger partial charge in [-0.3, -0.25) is 0 Å². The Morgan fingerprint density at radius 2 is 1.95 bits per heavy atom. The zero-order valence-electron chi connectivity index (χ0n) is 9.73. The van der Waals surface area contributed by atoms with Crippen LogP contribution >= 0.6 is 39.3 Å². The highest BCUT2D eigenvalue weighted by molar-refractivity contribution is 9.10. The molecule has 6 heteroatoms. The van der Waals surface area contributed by atoms with Crippen LogP contribution in [0.4, 0.5) is 0 Å². The summed E-state index contributed by atoms with van der Waals surface area (Å²) >= 11 is 10.9. The molecule has 2 heterocycles. The first-order valence-corrected chi connectivity index (χ1v) is 7.60. The summed E-state index contributed by atoms with van der Waals surface area (Å²) in [6.07, 6.45) is 1.63. The van der Waals surface area contributed by atoms with Crippen molar-refractivity contribution in [3.8, 4) is 11.5 Å². The van der Waals surface area contributed by atoms with Gasteiger partial charge in [0.2, 0.25) is 0 Å². The fourth-order valence-corrected chi connectivity index (χ4v) is 3.34. The molecule has 0 amide bonds. The number of ether oxygens (including phenoxy) is 2. The van der Waals surface area contributed by atoms with Gasteiger partial charge < -0.3 is 9.47 Å². The molecule has 1 aliphatic heterocycles. The molecule has 19 heavy (non-hydrogen) atoms. The molecule has 0 radical (unpaired) electrons. The Kier molecular flexibility index (Phi) is 3.86. The first kappa shape index (κ1) is 13.1. The molecular formula is C13H9BrClNO2S. The summed E-state index contributed by atoms with van der Waals surface area (Å²) in [7, 11) is 0. The predicted octanol–water partition coefficient (Wildman–Crippen LogP) is 4.42. The topological polar surface area (TPSA) is 31.4 Å². The smallest absolute Gasteiger partial charge is 0.162 e. The van der Waals surface area contributed by atoms with Crippen molar-refractivity contribution >= 4 is 39.3 Å². The normalized spacial score (nSPS) is 13.4. The standard InChI is InChI=1S/C13H9BrClNO2S/c14-10-5-8(15)7-16-13(10)19-9-1-2-11-12(6-9)18-4-3-17-11/h1-2,5-7H,3-4H2. The lowest BCUT2D eigenvalue weighted by Gasteiger charge is -2.18.